The Balaban J connectivity index is 1.38. The number of anilines is 1. The van der Waals surface area contributed by atoms with Crippen LogP contribution >= 0.6 is 11.8 Å². The summed E-state index contributed by atoms with van der Waals surface area (Å²) in [6.07, 6.45) is 6.70. The number of methoxy groups -OCH3 is 1. The lowest BCUT2D eigenvalue weighted by atomic mass is 10.2. The molecular weight excluding hydrogens is 536 g/mol. The van der Waals surface area contributed by atoms with Crippen molar-refractivity contribution in [3.8, 4) is 5.75 Å². The van der Waals surface area contributed by atoms with Crippen LogP contribution in [0.5, 0.6) is 5.75 Å². The van der Waals surface area contributed by atoms with Gasteiger partial charge in [0.05, 0.1) is 17.9 Å². The molecule has 37 heavy (non-hydrogen) atoms. The first-order valence-electron chi connectivity index (χ1n) is 12.3. The van der Waals surface area contributed by atoms with Gasteiger partial charge in [0, 0.05) is 38.1 Å². The van der Waals surface area contributed by atoms with Crippen molar-refractivity contribution in [3.63, 3.8) is 0 Å². The number of carbonyl (C=O) groups is 1. The van der Waals surface area contributed by atoms with Crippen LogP contribution < -0.4 is 10.1 Å². The standard InChI is InChI=1S/C24H32N4O6S3/c1-34-21-10-8-19(16-22(21)37(32,33)28-14-6-3-7-15-28)26-23(29)18-35-24-11-9-20(17-25-24)36(30,31)27-12-4-2-5-13-27/h8-11,16-17H,2-7,12-15,18H2,1H3,(H,26,29). The van der Waals surface area contributed by atoms with Crippen LogP contribution in [0.1, 0.15) is 38.5 Å². The Morgan fingerprint density at radius 2 is 1.54 bits per heavy atom. The van der Waals surface area contributed by atoms with Gasteiger partial charge in [0.15, 0.2) is 0 Å². The van der Waals surface area contributed by atoms with Gasteiger partial charge in [-0.2, -0.15) is 8.61 Å². The third-order valence-corrected chi connectivity index (χ3v) is 11.1. The zero-order valence-electron chi connectivity index (χ0n) is 20.8. The number of hydrogen-bond donors (Lipinski definition) is 1. The highest BCUT2D eigenvalue weighted by molar-refractivity contribution is 7.99. The fourth-order valence-electron chi connectivity index (χ4n) is 4.40. The zero-order chi connectivity index (χ0) is 26.5. The molecule has 1 aromatic carbocycles. The number of hydrogen-bond acceptors (Lipinski definition) is 8. The predicted octanol–water partition coefficient (Wildman–Crippen LogP) is 3.17. The lowest BCUT2D eigenvalue weighted by Crippen LogP contribution is -2.35. The summed E-state index contributed by atoms with van der Waals surface area (Å²) in [7, 11) is -5.90. The largest absolute Gasteiger partial charge is 0.495 e. The Kier molecular flexibility index (Phi) is 9.11. The maximum absolute atomic E-state index is 13.2. The maximum Gasteiger partial charge on any atom is 0.246 e. The highest BCUT2D eigenvalue weighted by Gasteiger charge is 2.29. The Labute approximate surface area is 222 Å². The fourth-order valence-corrected chi connectivity index (χ4v) is 8.20. The van der Waals surface area contributed by atoms with Crippen molar-refractivity contribution in [1.29, 1.82) is 0 Å². The average Bonchev–Trinajstić information content (AvgIpc) is 2.93. The van der Waals surface area contributed by atoms with Crippen LogP contribution in [-0.2, 0) is 24.8 Å². The second kappa shape index (κ2) is 12.1. The van der Waals surface area contributed by atoms with Gasteiger partial charge in [-0.25, -0.2) is 21.8 Å². The molecule has 0 radical (unpaired) electrons. The number of amides is 1. The number of thioether (sulfide) groups is 1. The van der Waals surface area contributed by atoms with E-state index in [0.29, 0.717) is 36.9 Å². The molecule has 1 amide bonds. The van der Waals surface area contributed by atoms with Crippen LogP contribution in [0.25, 0.3) is 0 Å². The van der Waals surface area contributed by atoms with Crippen molar-refractivity contribution < 1.29 is 26.4 Å². The van der Waals surface area contributed by atoms with Gasteiger partial charge in [-0.1, -0.05) is 24.6 Å². The number of nitrogens with zero attached hydrogens (tertiary/aromatic N) is 3. The van der Waals surface area contributed by atoms with Crippen LogP contribution in [0.2, 0.25) is 0 Å². The number of pyridine rings is 1. The normalized spacial score (nSPS) is 17.9. The summed E-state index contributed by atoms with van der Waals surface area (Å²) in [5.74, 6) is -0.101. The van der Waals surface area contributed by atoms with E-state index in [9.17, 15) is 21.6 Å². The zero-order valence-corrected chi connectivity index (χ0v) is 23.2. The van der Waals surface area contributed by atoms with Crippen molar-refractivity contribution in [3.05, 3.63) is 36.5 Å². The van der Waals surface area contributed by atoms with Crippen LogP contribution in [0.15, 0.2) is 51.3 Å². The predicted molar refractivity (Wildman–Crippen MR) is 142 cm³/mol. The first-order chi connectivity index (χ1) is 17.7. The highest BCUT2D eigenvalue weighted by atomic mass is 32.2. The molecule has 0 saturated carbocycles. The van der Waals surface area contributed by atoms with E-state index in [1.807, 2.05) is 0 Å². The third kappa shape index (κ3) is 6.63. The van der Waals surface area contributed by atoms with E-state index in [1.54, 1.807) is 12.1 Å². The van der Waals surface area contributed by atoms with Gasteiger partial charge in [0.2, 0.25) is 26.0 Å². The molecule has 4 rings (SSSR count). The molecule has 3 heterocycles. The Morgan fingerprint density at radius 1 is 0.919 bits per heavy atom. The van der Waals surface area contributed by atoms with E-state index in [2.05, 4.69) is 10.3 Å². The van der Waals surface area contributed by atoms with Crippen molar-refractivity contribution >= 4 is 43.4 Å². The molecule has 10 nitrogen and oxygen atoms in total. The van der Waals surface area contributed by atoms with Crippen LogP contribution in [0.3, 0.4) is 0 Å². The Hall–Kier alpha value is -2.19. The molecule has 202 valence electrons. The minimum Gasteiger partial charge on any atom is -0.495 e. The van der Waals surface area contributed by atoms with E-state index in [1.165, 1.54) is 40.1 Å². The number of benzene rings is 1. The second-order valence-corrected chi connectivity index (χ2v) is 13.8. The Bertz CT molecular complexity index is 1300. The van der Waals surface area contributed by atoms with Crippen molar-refractivity contribution in [2.75, 3.05) is 44.4 Å². The lowest BCUT2D eigenvalue weighted by molar-refractivity contribution is -0.113. The number of sulfonamides is 2. The molecule has 0 atom stereocenters. The minimum atomic E-state index is -3.75. The van der Waals surface area contributed by atoms with Gasteiger partial charge in [-0.3, -0.25) is 4.79 Å². The second-order valence-electron chi connectivity index (χ2n) is 8.96. The highest BCUT2D eigenvalue weighted by Crippen LogP contribution is 2.31. The topological polar surface area (TPSA) is 126 Å². The average molecular weight is 569 g/mol. The van der Waals surface area contributed by atoms with E-state index in [4.69, 9.17) is 4.74 Å². The number of nitrogens with one attached hydrogen (secondary N) is 1. The number of piperidine rings is 2. The first kappa shape index (κ1) is 27.8. The molecule has 1 aromatic heterocycles. The van der Waals surface area contributed by atoms with Crippen molar-refractivity contribution in [2.24, 2.45) is 0 Å². The van der Waals surface area contributed by atoms with E-state index < -0.39 is 20.0 Å². The summed E-state index contributed by atoms with van der Waals surface area (Å²) < 4.78 is 60.2. The van der Waals surface area contributed by atoms with Crippen LogP contribution in [-0.4, -0.2) is 75.4 Å². The molecule has 13 heteroatoms. The summed E-state index contributed by atoms with van der Waals surface area (Å²) in [5.41, 5.74) is 0.345. The van der Waals surface area contributed by atoms with Gasteiger partial charge < -0.3 is 10.1 Å². The quantitative estimate of drug-likeness (QED) is 0.457. The van der Waals surface area contributed by atoms with E-state index in [-0.39, 0.29) is 27.2 Å². The number of aromatic nitrogens is 1. The molecule has 2 fully saturated rings. The summed E-state index contributed by atoms with van der Waals surface area (Å²) in [4.78, 5) is 17.0. The van der Waals surface area contributed by atoms with Gasteiger partial charge >= 0.3 is 0 Å². The van der Waals surface area contributed by atoms with Crippen LogP contribution in [0.4, 0.5) is 5.69 Å². The summed E-state index contributed by atoms with van der Waals surface area (Å²) in [6.45, 7) is 1.96. The molecule has 0 bridgehead atoms. The number of carbonyl (C=O) groups excluding carboxylic acids is 1. The fraction of sp³-hybridized carbons (Fsp3) is 0.500. The van der Waals surface area contributed by atoms with Gasteiger partial charge in [-0.15, -0.1) is 0 Å². The maximum atomic E-state index is 13.2. The van der Waals surface area contributed by atoms with Crippen LogP contribution in [0, 0.1) is 0 Å². The number of ether oxygens (including phenoxy) is 1. The van der Waals surface area contributed by atoms with Gasteiger partial charge in [0.1, 0.15) is 15.5 Å². The van der Waals surface area contributed by atoms with Gasteiger partial charge in [0.25, 0.3) is 0 Å². The summed E-state index contributed by atoms with van der Waals surface area (Å²) >= 11 is 1.16. The van der Waals surface area contributed by atoms with Gasteiger partial charge in [-0.05, 0) is 56.0 Å². The molecular formula is C24H32N4O6S3. The third-order valence-electron chi connectivity index (χ3n) is 6.39. The van der Waals surface area contributed by atoms with Crippen molar-refractivity contribution in [2.45, 2.75) is 53.3 Å². The molecule has 0 spiro atoms. The summed E-state index contributed by atoms with van der Waals surface area (Å²) in [6, 6.07) is 7.64. The van der Waals surface area contributed by atoms with E-state index >= 15 is 0 Å². The molecule has 2 aliphatic rings. The van der Waals surface area contributed by atoms with Crippen molar-refractivity contribution in [1.82, 2.24) is 13.6 Å². The molecule has 0 aliphatic carbocycles. The Morgan fingerprint density at radius 3 is 2.11 bits per heavy atom. The first-order valence-corrected chi connectivity index (χ1v) is 16.2. The number of rotatable bonds is 9. The molecule has 2 aliphatic heterocycles. The molecule has 0 unspecified atom stereocenters. The SMILES string of the molecule is COc1ccc(NC(=O)CSc2ccc(S(=O)(=O)N3CCCCC3)cn2)cc1S(=O)(=O)N1CCCCC1. The lowest BCUT2D eigenvalue weighted by Gasteiger charge is -2.26. The smallest absolute Gasteiger partial charge is 0.246 e. The summed E-state index contributed by atoms with van der Waals surface area (Å²) in [5, 5.41) is 3.24. The van der Waals surface area contributed by atoms with E-state index in [0.717, 1.165) is 50.3 Å². The minimum absolute atomic E-state index is 0.0193. The molecule has 2 saturated heterocycles. The molecule has 1 N–H and O–H groups in total. The monoisotopic (exact) mass is 568 g/mol. The molecule has 2 aromatic rings.